The van der Waals surface area contributed by atoms with Gasteiger partial charge in [0.05, 0.1) is 12.2 Å². The first-order valence-corrected chi connectivity index (χ1v) is 20.0. The Morgan fingerprint density at radius 1 is 0.717 bits per heavy atom. The van der Waals surface area contributed by atoms with Crippen molar-refractivity contribution in [1.29, 1.82) is 0 Å². The van der Waals surface area contributed by atoms with E-state index in [9.17, 15) is 35.4 Å². The molecule has 12 atom stereocenters. The van der Waals surface area contributed by atoms with Crippen molar-refractivity contribution < 1.29 is 35.4 Å². The molecule has 12 unspecified atom stereocenters. The third-order valence-corrected chi connectivity index (χ3v) is 10.6. The molecule has 53 heavy (non-hydrogen) atoms. The van der Waals surface area contributed by atoms with Crippen LogP contribution in [0.15, 0.2) is 0 Å². The number of nitrogens with one attached hydrogen (secondary N) is 10. The van der Waals surface area contributed by atoms with Crippen LogP contribution in [0.4, 0.5) is 0 Å². The number of hydrazine groups is 1. The van der Waals surface area contributed by atoms with Gasteiger partial charge in [-0.1, -0.05) is 52.4 Å². The number of hydrogen-bond acceptors (Lipinski definition) is 18. The molecule has 0 bridgehead atoms. The van der Waals surface area contributed by atoms with Gasteiger partial charge in [-0.15, -0.1) is 0 Å². The number of carbonyl (C=O) groups is 1. The van der Waals surface area contributed by atoms with Crippen molar-refractivity contribution >= 4 is 5.91 Å². The van der Waals surface area contributed by atoms with Gasteiger partial charge in [-0.25, -0.2) is 10.9 Å². The summed E-state index contributed by atoms with van der Waals surface area (Å²) in [4.78, 5) is 13.4. The zero-order valence-electron chi connectivity index (χ0n) is 31.8. The molecule has 3 aliphatic rings. The Bertz CT molecular complexity index is 988. The molecule has 0 aromatic heterocycles. The normalized spacial score (nSPS) is 36.3. The number of amides is 1. The third kappa shape index (κ3) is 16.8. The standard InChI is InChI=1S/C34H74N12O7/c1-3-9-22-30(49)44-27(33(52)38-14-4-2)34(53)39-15-8-12-21(36)28(47)42-25(18-26-45-46-26)32(51)43-24(17-20-10-6-5-7-11-20)31(50)41-23(29(48)40-22)13-16-37-19-35/h20-33,37-38,40-52H,3-19,35-36H2,1-2H3,(H,39,53). The van der Waals surface area contributed by atoms with Crippen LogP contribution >= 0.6 is 0 Å². The first-order chi connectivity index (χ1) is 25.5. The fourth-order valence-corrected chi connectivity index (χ4v) is 7.31. The van der Waals surface area contributed by atoms with E-state index in [-0.39, 0.29) is 19.4 Å². The van der Waals surface area contributed by atoms with E-state index in [1.807, 2.05) is 13.8 Å². The van der Waals surface area contributed by atoms with Gasteiger partial charge in [0.2, 0.25) is 5.91 Å². The zero-order valence-corrected chi connectivity index (χ0v) is 31.8. The number of aliphatic hydroxyl groups is 6. The Hall–Kier alpha value is -1.21. The number of nitrogens with two attached hydrogens (primary N) is 2. The van der Waals surface area contributed by atoms with E-state index in [2.05, 4.69) is 53.4 Å². The van der Waals surface area contributed by atoms with Crippen molar-refractivity contribution in [3.63, 3.8) is 0 Å². The lowest BCUT2D eigenvalue weighted by atomic mass is 9.84. The van der Waals surface area contributed by atoms with Crippen LogP contribution in [0.3, 0.4) is 0 Å². The van der Waals surface area contributed by atoms with Gasteiger partial charge in [0.25, 0.3) is 0 Å². The maximum absolute atomic E-state index is 13.4. The molecule has 1 saturated carbocycles. The fraction of sp³-hybridized carbons (Fsp3) is 0.971. The quantitative estimate of drug-likeness (QED) is 0.0450. The van der Waals surface area contributed by atoms with Crippen LogP contribution in [-0.4, -0.2) is 143 Å². The van der Waals surface area contributed by atoms with Gasteiger partial charge in [0.15, 0.2) is 0 Å². The summed E-state index contributed by atoms with van der Waals surface area (Å²) in [6.07, 6.45) is 1.47. The molecule has 0 radical (unpaired) electrons. The van der Waals surface area contributed by atoms with E-state index in [0.717, 1.165) is 32.1 Å². The first-order valence-electron chi connectivity index (χ1n) is 20.0. The SMILES string of the molecule is CCCNC(O)C1NC(O)C(CCC)NC(O)C(CCNCN)NC(O)C(CC2CCCCC2)NC(O)C(CC2NN2)NC(O)C(N)CCCNC1=O. The molecule has 1 amide bonds. The van der Waals surface area contributed by atoms with Crippen LogP contribution in [-0.2, 0) is 4.79 Å². The average Bonchev–Trinajstić information content (AvgIpc) is 3.97. The molecule has 2 saturated heterocycles. The number of rotatable bonds is 14. The highest BCUT2D eigenvalue weighted by Crippen LogP contribution is 2.28. The van der Waals surface area contributed by atoms with Crippen molar-refractivity contribution in [2.24, 2.45) is 17.4 Å². The first kappa shape index (κ1) is 46.2. The van der Waals surface area contributed by atoms with E-state index < -0.39 is 79.5 Å². The molecule has 0 aromatic carbocycles. The van der Waals surface area contributed by atoms with Crippen molar-refractivity contribution in [3.8, 4) is 0 Å². The second-order valence-electron chi connectivity index (χ2n) is 15.1. The van der Waals surface area contributed by atoms with Gasteiger partial charge in [-0.05, 0) is 64.0 Å². The second-order valence-corrected chi connectivity index (χ2v) is 15.1. The molecule has 20 N–H and O–H groups in total. The Balaban J connectivity index is 1.94. The Morgan fingerprint density at radius 3 is 1.92 bits per heavy atom. The molecular weight excluding hydrogens is 688 g/mol. The summed E-state index contributed by atoms with van der Waals surface area (Å²) in [7, 11) is 0. The highest BCUT2D eigenvalue weighted by atomic mass is 16.3. The van der Waals surface area contributed by atoms with Gasteiger partial charge < -0.3 is 52.7 Å². The number of aliphatic hydroxyl groups excluding tert-OH is 6. The predicted molar refractivity (Wildman–Crippen MR) is 202 cm³/mol. The zero-order chi connectivity index (χ0) is 38.8. The van der Waals surface area contributed by atoms with Gasteiger partial charge >= 0.3 is 0 Å². The summed E-state index contributed by atoms with van der Waals surface area (Å²) in [6.45, 7) is 5.10. The molecule has 2 heterocycles. The average molecular weight is 763 g/mol. The van der Waals surface area contributed by atoms with Crippen molar-refractivity contribution in [2.45, 2.75) is 177 Å². The highest BCUT2D eigenvalue weighted by Gasteiger charge is 2.37. The highest BCUT2D eigenvalue weighted by molar-refractivity contribution is 5.82. The van der Waals surface area contributed by atoms with Crippen LogP contribution in [0.1, 0.15) is 97.3 Å². The second kappa shape index (κ2) is 25.1. The fourth-order valence-electron chi connectivity index (χ4n) is 7.31. The monoisotopic (exact) mass is 763 g/mol. The summed E-state index contributed by atoms with van der Waals surface area (Å²) in [6, 6.07) is -4.79. The molecule has 3 rings (SSSR count). The lowest BCUT2D eigenvalue weighted by Crippen LogP contribution is -2.65. The summed E-state index contributed by atoms with van der Waals surface area (Å²) >= 11 is 0. The minimum Gasteiger partial charge on any atom is -0.377 e. The molecule has 312 valence electrons. The van der Waals surface area contributed by atoms with Crippen molar-refractivity contribution in [1.82, 2.24) is 53.4 Å². The van der Waals surface area contributed by atoms with Crippen LogP contribution in [0.5, 0.6) is 0 Å². The maximum atomic E-state index is 13.4. The molecule has 0 aromatic rings. The summed E-state index contributed by atoms with van der Waals surface area (Å²) in [5.41, 5.74) is 18.1. The molecule has 19 heteroatoms. The van der Waals surface area contributed by atoms with E-state index in [1.165, 1.54) is 0 Å². The van der Waals surface area contributed by atoms with E-state index in [4.69, 9.17) is 11.5 Å². The van der Waals surface area contributed by atoms with Crippen LogP contribution in [0.25, 0.3) is 0 Å². The third-order valence-electron chi connectivity index (χ3n) is 10.6. The van der Waals surface area contributed by atoms with Crippen molar-refractivity contribution in [3.05, 3.63) is 0 Å². The minimum absolute atomic E-state index is 0.0901. The predicted octanol–water partition coefficient (Wildman–Crippen LogP) is -4.58. The minimum atomic E-state index is -1.36. The summed E-state index contributed by atoms with van der Waals surface area (Å²) in [5.74, 6) is -0.231. The molecular formula is C34H74N12O7. The lowest BCUT2D eigenvalue weighted by Gasteiger charge is -2.38. The lowest BCUT2D eigenvalue weighted by molar-refractivity contribution is -0.128. The molecule has 19 nitrogen and oxygen atoms in total. The smallest absolute Gasteiger partial charge is 0.241 e. The van der Waals surface area contributed by atoms with Gasteiger partial charge in [-0.3, -0.25) is 36.7 Å². The van der Waals surface area contributed by atoms with Crippen molar-refractivity contribution in [2.75, 3.05) is 26.3 Å². The Morgan fingerprint density at radius 2 is 1.30 bits per heavy atom. The number of carbonyl (C=O) groups excluding carboxylic acids is 1. The molecule has 1 aliphatic carbocycles. The van der Waals surface area contributed by atoms with E-state index in [0.29, 0.717) is 70.4 Å². The van der Waals surface area contributed by atoms with E-state index in [1.54, 1.807) is 0 Å². The van der Waals surface area contributed by atoms with Gasteiger partial charge in [0, 0.05) is 37.4 Å². The largest absolute Gasteiger partial charge is 0.377 e. The Kier molecular flexibility index (Phi) is 21.9. The van der Waals surface area contributed by atoms with Crippen LogP contribution in [0, 0.1) is 5.92 Å². The summed E-state index contributed by atoms with van der Waals surface area (Å²) < 4.78 is 0. The van der Waals surface area contributed by atoms with E-state index >= 15 is 0 Å². The van der Waals surface area contributed by atoms with Gasteiger partial charge in [0.1, 0.15) is 43.4 Å². The summed E-state index contributed by atoms with van der Waals surface area (Å²) in [5, 5.41) is 92.8. The van der Waals surface area contributed by atoms with Crippen LogP contribution < -0.4 is 64.9 Å². The molecule has 3 fully saturated rings. The molecule has 2 aliphatic heterocycles. The van der Waals surface area contributed by atoms with Gasteiger partial charge in [-0.2, -0.15) is 0 Å². The topological polar surface area (TPSA) is 331 Å². The molecule has 0 spiro atoms. The maximum Gasteiger partial charge on any atom is 0.241 e. The van der Waals surface area contributed by atoms with Crippen LogP contribution in [0.2, 0.25) is 0 Å². The Labute approximate surface area is 315 Å². The number of hydrogen-bond donors (Lipinski definition) is 18.